The van der Waals surface area contributed by atoms with Crippen molar-refractivity contribution in [1.82, 2.24) is 15.0 Å². The van der Waals surface area contributed by atoms with Gasteiger partial charge in [0.15, 0.2) is 5.15 Å². The van der Waals surface area contributed by atoms with E-state index in [1.54, 1.807) is 12.3 Å². The van der Waals surface area contributed by atoms with Gasteiger partial charge < -0.3 is 5.32 Å². The molecule has 2 heterocycles. The van der Waals surface area contributed by atoms with Crippen LogP contribution in [0, 0.1) is 6.92 Å². The standard InChI is InChI=1S/C11H9ClN4O/c1-7-4-8(10(12)15-5-7)16-11(17)9-6-13-2-3-14-9/h2-6H,1H3,(H,16,17). The summed E-state index contributed by atoms with van der Waals surface area (Å²) in [7, 11) is 0. The number of pyridine rings is 1. The Morgan fingerprint density at radius 2 is 2.12 bits per heavy atom. The Morgan fingerprint density at radius 1 is 1.29 bits per heavy atom. The fourth-order valence-corrected chi connectivity index (χ4v) is 1.39. The number of carbonyl (C=O) groups is 1. The number of hydrogen-bond donors (Lipinski definition) is 1. The molecule has 2 rings (SSSR count). The smallest absolute Gasteiger partial charge is 0.275 e. The maximum atomic E-state index is 11.8. The minimum absolute atomic E-state index is 0.227. The summed E-state index contributed by atoms with van der Waals surface area (Å²) >= 11 is 5.87. The average Bonchev–Trinajstić information content (AvgIpc) is 2.35. The number of nitrogens with zero attached hydrogens (tertiary/aromatic N) is 3. The van der Waals surface area contributed by atoms with Crippen LogP contribution in [-0.4, -0.2) is 20.9 Å². The molecule has 0 spiro atoms. The summed E-state index contributed by atoms with van der Waals surface area (Å²) in [5.41, 5.74) is 1.59. The van der Waals surface area contributed by atoms with Gasteiger partial charge in [0.1, 0.15) is 5.69 Å². The van der Waals surface area contributed by atoms with E-state index in [1.807, 2.05) is 6.92 Å². The highest BCUT2D eigenvalue weighted by Crippen LogP contribution is 2.20. The van der Waals surface area contributed by atoms with Crippen molar-refractivity contribution in [3.05, 3.63) is 47.3 Å². The van der Waals surface area contributed by atoms with Gasteiger partial charge in [-0.05, 0) is 18.6 Å². The number of amides is 1. The first-order valence-corrected chi connectivity index (χ1v) is 5.24. The fourth-order valence-electron chi connectivity index (χ4n) is 1.24. The van der Waals surface area contributed by atoms with Crippen molar-refractivity contribution in [2.45, 2.75) is 6.92 Å². The van der Waals surface area contributed by atoms with Crippen LogP contribution in [0.15, 0.2) is 30.9 Å². The van der Waals surface area contributed by atoms with E-state index >= 15 is 0 Å². The lowest BCUT2D eigenvalue weighted by atomic mass is 10.3. The molecule has 2 aromatic rings. The van der Waals surface area contributed by atoms with Crippen molar-refractivity contribution in [3.8, 4) is 0 Å². The molecule has 0 aliphatic carbocycles. The Bertz CT molecular complexity index is 544. The van der Waals surface area contributed by atoms with Crippen LogP contribution in [0.1, 0.15) is 16.1 Å². The third-order valence-electron chi connectivity index (χ3n) is 2.02. The quantitative estimate of drug-likeness (QED) is 0.827. The van der Waals surface area contributed by atoms with Gasteiger partial charge in [0.2, 0.25) is 0 Å². The molecule has 0 aliphatic heterocycles. The summed E-state index contributed by atoms with van der Waals surface area (Å²) in [5, 5.41) is 2.87. The molecule has 0 fully saturated rings. The summed E-state index contributed by atoms with van der Waals surface area (Å²) in [6.45, 7) is 1.86. The molecule has 0 bridgehead atoms. The highest BCUT2D eigenvalue weighted by Gasteiger charge is 2.10. The van der Waals surface area contributed by atoms with Crippen molar-refractivity contribution in [3.63, 3.8) is 0 Å². The molecule has 0 radical (unpaired) electrons. The average molecular weight is 249 g/mol. The lowest BCUT2D eigenvalue weighted by Crippen LogP contribution is -2.14. The lowest BCUT2D eigenvalue weighted by molar-refractivity contribution is 0.102. The molecule has 0 saturated carbocycles. The maximum Gasteiger partial charge on any atom is 0.275 e. The number of nitrogens with one attached hydrogen (secondary N) is 1. The predicted octanol–water partition coefficient (Wildman–Crippen LogP) is 2.09. The van der Waals surface area contributed by atoms with Gasteiger partial charge >= 0.3 is 0 Å². The van der Waals surface area contributed by atoms with Crippen LogP contribution in [0.3, 0.4) is 0 Å². The largest absolute Gasteiger partial charge is 0.318 e. The molecule has 17 heavy (non-hydrogen) atoms. The van der Waals surface area contributed by atoms with Gasteiger partial charge in [0, 0.05) is 18.6 Å². The molecule has 0 aliphatic rings. The molecular weight excluding hydrogens is 240 g/mol. The Balaban J connectivity index is 2.22. The molecule has 0 aromatic carbocycles. The highest BCUT2D eigenvalue weighted by atomic mass is 35.5. The van der Waals surface area contributed by atoms with Crippen molar-refractivity contribution >= 4 is 23.2 Å². The monoisotopic (exact) mass is 248 g/mol. The Kier molecular flexibility index (Phi) is 3.30. The normalized spacial score (nSPS) is 10.0. The molecule has 1 amide bonds. The number of rotatable bonds is 2. The second kappa shape index (κ2) is 4.88. The second-order valence-corrected chi connectivity index (χ2v) is 3.75. The number of carbonyl (C=O) groups excluding carboxylic acids is 1. The summed E-state index contributed by atoms with van der Waals surface area (Å²) in [6.07, 6.45) is 5.95. The van der Waals surface area contributed by atoms with Crippen LogP contribution in [-0.2, 0) is 0 Å². The van der Waals surface area contributed by atoms with Crippen LogP contribution in [0.4, 0.5) is 5.69 Å². The zero-order valence-corrected chi connectivity index (χ0v) is 9.77. The zero-order chi connectivity index (χ0) is 12.3. The van der Waals surface area contributed by atoms with E-state index in [-0.39, 0.29) is 16.8 Å². The highest BCUT2D eigenvalue weighted by molar-refractivity contribution is 6.32. The molecule has 86 valence electrons. The van der Waals surface area contributed by atoms with Gasteiger partial charge in [-0.15, -0.1) is 0 Å². The summed E-state index contributed by atoms with van der Waals surface area (Å²) < 4.78 is 0. The van der Waals surface area contributed by atoms with E-state index in [1.165, 1.54) is 18.6 Å². The summed E-state index contributed by atoms with van der Waals surface area (Å²) in [5.74, 6) is -0.368. The van der Waals surface area contributed by atoms with Crippen molar-refractivity contribution in [2.75, 3.05) is 5.32 Å². The van der Waals surface area contributed by atoms with E-state index in [9.17, 15) is 4.79 Å². The second-order valence-electron chi connectivity index (χ2n) is 3.40. The first-order valence-electron chi connectivity index (χ1n) is 4.86. The maximum absolute atomic E-state index is 11.8. The van der Waals surface area contributed by atoms with Gasteiger partial charge in [-0.1, -0.05) is 11.6 Å². The minimum atomic E-state index is -0.368. The van der Waals surface area contributed by atoms with Crippen molar-refractivity contribution < 1.29 is 4.79 Å². The lowest BCUT2D eigenvalue weighted by Gasteiger charge is -2.06. The van der Waals surface area contributed by atoms with Crippen molar-refractivity contribution in [1.29, 1.82) is 0 Å². The van der Waals surface area contributed by atoms with E-state index in [4.69, 9.17) is 11.6 Å². The fraction of sp³-hybridized carbons (Fsp3) is 0.0909. The minimum Gasteiger partial charge on any atom is -0.318 e. The third kappa shape index (κ3) is 2.76. The van der Waals surface area contributed by atoms with E-state index in [0.29, 0.717) is 5.69 Å². The van der Waals surface area contributed by atoms with Crippen LogP contribution in [0.5, 0.6) is 0 Å². The third-order valence-corrected chi connectivity index (χ3v) is 2.32. The van der Waals surface area contributed by atoms with Crippen molar-refractivity contribution in [2.24, 2.45) is 0 Å². The first kappa shape index (κ1) is 11.5. The number of aryl methyl sites for hydroxylation is 1. The molecule has 0 saturated heterocycles. The number of halogens is 1. The summed E-state index contributed by atoms with van der Waals surface area (Å²) in [4.78, 5) is 23.4. The van der Waals surface area contributed by atoms with E-state index < -0.39 is 0 Å². The van der Waals surface area contributed by atoms with Gasteiger partial charge in [0.25, 0.3) is 5.91 Å². The topological polar surface area (TPSA) is 67.8 Å². The van der Waals surface area contributed by atoms with Gasteiger partial charge in [-0.2, -0.15) is 0 Å². The molecular formula is C11H9ClN4O. The van der Waals surface area contributed by atoms with Crippen LogP contribution >= 0.6 is 11.6 Å². The Labute approximate surface area is 103 Å². The molecule has 0 atom stereocenters. The number of aromatic nitrogens is 3. The predicted molar refractivity (Wildman–Crippen MR) is 64.0 cm³/mol. The molecule has 2 aromatic heterocycles. The molecule has 5 nitrogen and oxygen atoms in total. The van der Waals surface area contributed by atoms with Crippen LogP contribution < -0.4 is 5.32 Å². The van der Waals surface area contributed by atoms with E-state index in [0.717, 1.165) is 5.56 Å². The summed E-state index contributed by atoms with van der Waals surface area (Å²) in [6, 6.07) is 1.74. The van der Waals surface area contributed by atoms with E-state index in [2.05, 4.69) is 20.3 Å². The number of anilines is 1. The molecule has 6 heteroatoms. The van der Waals surface area contributed by atoms with Gasteiger partial charge in [-0.25, -0.2) is 9.97 Å². The first-order chi connectivity index (χ1) is 8.16. The number of hydrogen-bond acceptors (Lipinski definition) is 4. The Hall–Kier alpha value is -2.01. The van der Waals surface area contributed by atoms with Gasteiger partial charge in [-0.3, -0.25) is 9.78 Å². The van der Waals surface area contributed by atoms with Crippen LogP contribution in [0.2, 0.25) is 5.15 Å². The molecule has 0 unspecified atom stereocenters. The van der Waals surface area contributed by atoms with Gasteiger partial charge in [0.05, 0.1) is 11.9 Å². The Morgan fingerprint density at radius 3 is 2.82 bits per heavy atom. The zero-order valence-electron chi connectivity index (χ0n) is 9.01. The van der Waals surface area contributed by atoms with Crippen LogP contribution in [0.25, 0.3) is 0 Å². The SMILES string of the molecule is Cc1cnc(Cl)c(NC(=O)c2cnccn2)c1. The molecule has 1 N–H and O–H groups in total.